The van der Waals surface area contributed by atoms with Gasteiger partial charge in [0.15, 0.2) is 6.10 Å². The molecule has 1 amide bonds. The van der Waals surface area contributed by atoms with Gasteiger partial charge in [-0.3, -0.25) is 4.90 Å². The lowest BCUT2D eigenvalue weighted by Gasteiger charge is -2.37. The second kappa shape index (κ2) is 10.9. The minimum atomic E-state index is -0.249. The Morgan fingerprint density at radius 3 is 2.44 bits per heavy atom. The number of hydrogen-bond donors (Lipinski definition) is 1. The minimum Gasteiger partial charge on any atom is -0.441 e. The van der Waals surface area contributed by atoms with E-state index < -0.39 is 0 Å². The van der Waals surface area contributed by atoms with Gasteiger partial charge < -0.3 is 24.4 Å². The van der Waals surface area contributed by atoms with E-state index in [9.17, 15) is 9.90 Å². The van der Waals surface area contributed by atoms with Gasteiger partial charge in [-0.25, -0.2) is 9.31 Å². The van der Waals surface area contributed by atoms with Gasteiger partial charge in [-0.1, -0.05) is 38.1 Å². The third-order valence-electron chi connectivity index (χ3n) is 7.29. The number of benzene rings is 1. The Bertz CT molecular complexity index is 1160. The minimum absolute atomic E-state index is 0.00781. The standard InChI is InChI=1S/C27H35N5O4/c1-3-29(4-2)26(17-33)21-7-5-20(6-8-21)22-15-25-24(9-10-28-32(25)16-22)30-11-13-31(14-12-30)27(34)36-23-18-35-19-23/h5-10,15-16,23,26,33H,3-4,11-14,17-19H2,1-2H3/t26-/m0/s1. The van der Waals surface area contributed by atoms with E-state index in [0.29, 0.717) is 26.3 Å². The molecule has 1 atom stereocenters. The van der Waals surface area contributed by atoms with Crippen LogP contribution < -0.4 is 4.90 Å². The molecule has 0 spiro atoms. The van der Waals surface area contributed by atoms with Gasteiger partial charge in [0.1, 0.15) is 0 Å². The number of anilines is 1. The number of likely N-dealkylation sites (N-methyl/N-ethyl adjacent to an activating group) is 1. The summed E-state index contributed by atoms with van der Waals surface area (Å²) in [5.41, 5.74) is 5.47. The molecule has 1 aromatic carbocycles. The van der Waals surface area contributed by atoms with E-state index in [0.717, 1.165) is 54.1 Å². The van der Waals surface area contributed by atoms with Crippen molar-refractivity contribution in [2.45, 2.75) is 26.0 Å². The van der Waals surface area contributed by atoms with E-state index in [1.165, 1.54) is 0 Å². The highest BCUT2D eigenvalue weighted by Crippen LogP contribution is 2.30. The van der Waals surface area contributed by atoms with Gasteiger partial charge in [-0.2, -0.15) is 5.10 Å². The fraction of sp³-hybridized carbons (Fsp3) is 0.481. The summed E-state index contributed by atoms with van der Waals surface area (Å²) in [7, 11) is 0. The zero-order chi connectivity index (χ0) is 25.1. The van der Waals surface area contributed by atoms with Crippen molar-refractivity contribution in [2.24, 2.45) is 0 Å². The molecule has 192 valence electrons. The predicted molar refractivity (Wildman–Crippen MR) is 138 cm³/mol. The molecular weight excluding hydrogens is 458 g/mol. The van der Waals surface area contributed by atoms with Crippen LogP contribution in [0.1, 0.15) is 25.5 Å². The highest BCUT2D eigenvalue weighted by Gasteiger charge is 2.28. The molecule has 2 saturated heterocycles. The molecule has 0 saturated carbocycles. The third-order valence-corrected chi connectivity index (χ3v) is 7.29. The maximum Gasteiger partial charge on any atom is 0.410 e. The van der Waals surface area contributed by atoms with Crippen LogP contribution in [-0.2, 0) is 9.47 Å². The molecule has 0 aliphatic carbocycles. The Hall–Kier alpha value is -3.14. The van der Waals surface area contributed by atoms with Gasteiger partial charge in [-0.05, 0) is 36.3 Å². The zero-order valence-electron chi connectivity index (χ0n) is 21.0. The van der Waals surface area contributed by atoms with Gasteiger partial charge in [-0.15, -0.1) is 0 Å². The number of rotatable bonds is 8. The average Bonchev–Trinajstić information content (AvgIpc) is 3.34. The molecule has 2 fully saturated rings. The number of amides is 1. The van der Waals surface area contributed by atoms with Crippen LogP contribution in [0.2, 0.25) is 0 Å². The summed E-state index contributed by atoms with van der Waals surface area (Å²) in [6.45, 7) is 9.84. The Morgan fingerprint density at radius 1 is 1.11 bits per heavy atom. The number of carbonyl (C=O) groups is 1. The number of hydrogen-bond acceptors (Lipinski definition) is 7. The summed E-state index contributed by atoms with van der Waals surface area (Å²) < 4.78 is 12.5. The van der Waals surface area contributed by atoms with Crippen molar-refractivity contribution in [1.29, 1.82) is 0 Å². The molecule has 4 heterocycles. The second-order valence-electron chi connectivity index (χ2n) is 9.33. The molecule has 3 aromatic rings. The Kier molecular flexibility index (Phi) is 7.41. The predicted octanol–water partition coefficient (Wildman–Crippen LogP) is 3.03. The van der Waals surface area contributed by atoms with Crippen LogP contribution in [0.3, 0.4) is 0 Å². The lowest BCUT2D eigenvalue weighted by molar-refractivity contribution is -0.104. The number of aromatic nitrogens is 2. The van der Waals surface area contributed by atoms with Crippen LogP contribution in [0.5, 0.6) is 0 Å². The first-order chi connectivity index (χ1) is 17.6. The number of nitrogens with zero attached hydrogens (tertiary/aromatic N) is 5. The van der Waals surface area contributed by atoms with Crippen LogP contribution in [-0.4, -0.2) is 95.8 Å². The van der Waals surface area contributed by atoms with Crippen molar-refractivity contribution < 1.29 is 19.4 Å². The molecular formula is C27H35N5O4. The van der Waals surface area contributed by atoms with Crippen LogP contribution in [0, 0.1) is 0 Å². The maximum absolute atomic E-state index is 12.4. The largest absolute Gasteiger partial charge is 0.441 e. The summed E-state index contributed by atoms with van der Waals surface area (Å²) in [5, 5.41) is 14.5. The average molecular weight is 494 g/mol. The van der Waals surface area contributed by atoms with Gasteiger partial charge >= 0.3 is 6.09 Å². The molecule has 2 aromatic heterocycles. The third kappa shape index (κ3) is 4.91. The quantitative estimate of drug-likeness (QED) is 0.517. The summed E-state index contributed by atoms with van der Waals surface area (Å²) in [6, 6.07) is 12.7. The summed E-state index contributed by atoms with van der Waals surface area (Å²) in [6.07, 6.45) is 3.52. The normalized spacial score (nSPS) is 17.4. The molecule has 9 heteroatoms. The van der Waals surface area contributed by atoms with Gasteiger partial charge in [0, 0.05) is 44.1 Å². The van der Waals surface area contributed by atoms with Crippen molar-refractivity contribution in [2.75, 3.05) is 64.0 Å². The summed E-state index contributed by atoms with van der Waals surface area (Å²) >= 11 is 0. The summed E-state index contributed by atoms with van der Waals surface area (Å²) in [4.78, 5) is 18.7. The van der Waals surface area contributed by atoms with E-state index in [1.54, 1.807) is 4.90 Å². The Balaban J connectivity index is 1.30. The molecule has 36 heavy (non-hydrogen) atoms. The fourth-order valence-corrected chi connectivity index (χ4v) is 5.05. The first-order valence-corrected chi connectivity index (χ1v) is 12.8. The maximum atomic E-state index is 12.4. The lowest BCUT2D eigenvalue weighted by Crippen LogP contribution is -2.51. The topological polar surface area (TPSA) is 82.8 Å². The highest BCUT2D eigenvalue weighted by molar-refractivity contribution is 5.80. The Morgan fingerprint density at radius 2 is 1.83 bits per heavy atom. The number of fused-ring (bicyclic) bond motifs is 1. The SMILES string of the molecule is CCN(CC)[C@@H](CO)c1ccc(-c2cc3c(N4CCN(C(=O)OC5COC5)CC4)ccnn3c2)cc1. The van der Waals surface area contributed by atoms with Crippen LogP contribution in [0.15, 0.2) is 48.8 Å². The summed E-state index contributed by atoms with van der Waals surface area (Å²) in [5.74, 6) is 0. The lowest BCUT2D eigenvalue weighted by atomic mass is 10.0. The molecule has 2 aliphatic rings. The van der Waals surface area contributed by atoms with Gasteiger partial charge in [0.05, 0.1) is 37.1 Å². The number of ether oxygens (including phenoxy) is 2. The molecule has 2 aliphatic heterocycles. The smallest absolute Gasteiger partial charge is 0.410 e. The monoisotopic (exact) mass is 493 g/mol. The van der Waals surface area contributed by atoms with Crippen molar-refractivity contribution in [3.05, 3.63) is 54.4 Å². The van der Waals surface area contributed by atoms with E-state index >= 15 is 0 Å². The van der Waals surface area contributed by atoms with Gasteiger partial charge in [0.25, 0.3) is 0 Å². The fourth-order valence-electron chi connectivity index (χ4n) is 5.05. The second-order valence-corrected chi connectivity index (χ2v) is 9.33. The molecule has 9 nitrogen and oxygen atoms in total. The molecule has 0 bridgehead atoms. The van der Waals surface area contributed by atoms with Crippen LogP contribution in [0.4, 0.5) is 10.5 Å². The molecule has 0 unspecified atom stereocenters. The number of aliphatic hydroxyl groups excluding tert-OH is 1. The number of piperazine rings is 1. The highest BCUT2D eigenvalue weighted by atomic mass is 16.6. The Labute approximate surface area is 211 Å². The number of carbonyl (C=O) groups excluding carboxylic acids is 1. The van der Waals surface area contributed by atoms with Crippen molar-refractivity contribution in [3.63, 3.8) is 0 Å². The van der Waals surface area contributed by atoms with Crippen molar-refractivity contribution in [1.82, 2.24) is 19.4 Å². The van der Waals surface area contributed by atoms with Gasteiger partial charge in [0.2, 0.25) is 0 Å². The first-order valence-electron chi connectivity index (χ1n) is 12.8. The van der Waals surface area contributed by atoms with Crippen molar-refractivity contribution >= 4 is 17.3 Å². The van der Waals surface area contributed by atoms with E-state index in [1.807, 2.05) is 16.8 Å². The first kappa shape index (κ1) is 24.5. The van der Waals surface area contributed by atoms with E-state index in [4.69, 9.17) is 9.47 Å². The molecule has 0 radical (unpaired) electrons. The van der Waals surface area contributed by atoms with E-state index in [2.05, 4.69) is 65.3 Å². The van der Waals surface area contributed by atoms with Crippen molar-refractivity contribution in [3.8, 4) is 11.1 Å². The molecule has 5 rings (SSSR count). The van der Waals surface area contributed by atoms with E-state index in [-0.39, 0.29) is 24.8 Å². The zero-order valence-corrected chi connectivity index (χ0v) is 21.0. The number of aliphatic hydroxyl groups is 1. The van der Waals surface area contributed by atoms with Crippen LogP contribution >= 0.6 is 0 Å². The molecule has 1 N–H and O–H groups in total. The van der Waals surface area contributed by atoms with Crippen LogP contribution in [0.25, 0.3) is 16.6 Å².